The zero-order chi connectivity index (χ0) is 38.2. The quantitative estimate of drug-likeness (QED) is 0.0289. The molecule has 52 heavy (non-hydrogen) atoms. The molecule has 0 rings (SSSR count). The van der Waals surface area contributed by atoms with E-state index < -0.39 is 20.0 Å². The van der Waals surface area contributed by atoms with Crippen LogP contribution in [0.2, 0.25) is 0 Å². The molecule has 0 aromatic heterocycles. The van der Waals surface area contributed by atoms with Crippen LogP contribution in [0.4, 0.5) is 0 Å². The van der Waals surface area contributed by atoms with Crippen molar-refractivity contribution in [3.63, 3.8) is 0 Å². The molecule has 0 aromatic carbocycles. The molecule has 0 aromatic rings. The molecule has 0 aliphatic rings. The molecule has 0 spiro atoms. The minimum atomic E-state index is -4.36. The van der Waals surface area contributed by atoms with Gasteiger partial charge in [-0.15, -0.1) is 0 Å². The molecule has 296 valence electrons. The number of aliphatic hydroxyl groups is 1. The fraction of sp³-hybridized carbons (Fsp3) is 0.605. The molecule has 3 atom stereocenters. The fourth-order valence-electron chi connectivity index (χ4n) is 4.91. The van der Waals surface area contributed by atoms with Gasteiger partial charge in [-0.2, -0.15) is 0 Å². The van der Waals surface area contributed by atoms with Crippen molar-refractivity contribution >= 4 is 13.7 Å². The van der Waals surface area contributed by atoms with Gasteiger partial charge in [0.05, 0.1) is 25.4 Å². The Morgan fingerprint density at radius 1 is 0.654 bits per heavy atom. The fourth-order valence-corrected chi connectivity index (χ4v) is 5.67. The molecule has 9 heteroatoms. The van der Waals surface area contributed by atoms with Gasteiger partial charge in [-0.3, -0.25) is 13.8 Å². The Morgan fingerprint density at radius 2 is 1.13 bits per heavy atom. The summed E-state index contributed by atoms with van der Waals surface area (Å²) in [5, 5.41) is 13.6. The average Bonchev–Trinajstić information content (AvgIpc) is 3.13. The van der Waals surface area contributed by atoms with E-state index in [-0.39, 0.29) is 32.1 Å². The van der Waals surface area contributed by atoms with Crippen LogP contribution in [0.15, 0.2) is 97.2 Å². The summed E-state index contributed by atoms with van der Waals surface area (Å²) in [6.07, 6.45) is 51.7. The van der Waals surface area contributed by atoms with Crippen molar-refractivity contribution < 1.29 is 28.4 Å². The Labute approximate surface area is 317 Å². The van der Waals surface area contributed by atoms with Crippen LogP contribution < -0.4 is 11.1 Å². The number of unbranched alkanes of at least 4 members (excludes halogenated alkanes) is 9. The molecule has 0 saturated heterocycles. The van der Waals surface area contributed by atoms with Crippen LogP contribution >= 0.6 is 7.82 Å². The number of allylic oxidation sites excluding steroid dienone is 15. The number of carbonyl (C=O) groups is 1. The normalized spacial score (nSPS) is 15.2. The van der Waals surface area contributed by atoms with Gasteiger partial charge >= 0.3 is 7.82 Å². The molecule has 5 N–H and O–H groups in total. The van der Waals surface area contributed by atoms with Crippen LogP contribution in [0.1, 0.15) is 136 Å². The predicted octanol–water partition coefficient (Wildman–Crippen LogP) is 10.8. The smallest absolute Gasteiger partial charge is 0.387 e. The standard InChI is InChI=1S/C43H73N2O6P/c1-3-5-7-9-11-13-15-17-18-19-20-21-22-23-24-25-27-29-31-33-35-37-43(47)45-41(40-51-52(48,49)50-39-38-44)42(46)36-34-32-30-28-26-16-14-12-10-8-6-4-2/h5,7,11,13,17-18,20-21,23-24,26-29,34,36,41-42,46H,3-4,6,8-10,12,14-16,19,22,25,30-33,35,37-40,44H2,1-2H3,(H,45,47)(H,48,49)/b7-5-,13-11-,18-17-,21-20-,24-23-,28-26+,29-27-,36-34+. The molecule has 0 heterocycles. The Balaban J connectivity index is 4.41. The summed E-state index contributed by atoms with van der Waals surface area (Å²) in [6, 6.07) is -0.905. The molecule has 8 nitrogen and oxygen atoms in total. The number of phosphoric acid groups is 1. The third kappa shape index (κ3) is 35.8. The summed E-state index contributed by atoms with van der Waals surface area (Å²) in [4.78, 5) is 22.6. The van der Waals surface area contributed by atoms with Crippen molar-refractivity contribution in [2.45, 2.75) is 148 Å². The maximum Gasteiger partial charge on any atom is 0.472 e. The number of rotatable bonds is 35. The molecule has 0 radical (unpaired) electrons. The van der Waals surface area contributed by atoms with Crippen LogP contribution in [-0.4, -0.2) is 47.8 Å². The number of nitrogens with two attached hydrogens (primary N) is 1. The first-order valence-electron chi connectivity index (χ1n) is 19.9. The van der Waals surface area contributed by atoms with E-state index in [0.29, 0.717) is 6.42 Å². The zero-order valence-electron chi connectivity index (χ0n) is 32.5. The molecular weight excluding hydrogens is 671 g/mol. The summed E-state index contributed by atoms with van der Waals surface area (Å²) >= 11 is 0. The molecule has 0 fully saturated rings. The van der Waals surface area contributed by atoms with Crippen molar-refractivity contribution in [1.29, 1.82) is 0 Å². The van der Waals surface area contributed by atoms with Crippen LogP contribution in [0.25, 0.3) is 0 Å². The molecule has 0 aliphatic carbocycles. The molecule has 0 bridgehead atoms. The van der Waals surface area contributed by atoms with Crippen LogP contribution in [0.5, 0.6) is 0 Å². The summed E-state index contributed by atoms with van der Waals surface area (Å²) in [5.41, 5.74) is 5.35. The zero-order valence-corrected chi connectivity index (χ0v) is 33.4. The first kappa shape index (κ1) is 49.4. The van der Waals surface area contributed by atoms with Crippen LogP contribution in [0, 0.1) is 0 Å². The van der Waals surface area contributed by atoms with Gasteiger partial charge in [-0.1, -0.05) is 143 Å². The first-order chi connectivity index (χ1) is 25.4. The van der Waals surface area contributed by atoms with Gasteiger partial charge < -0.3 is 21.1 Å². The Morgan fingerprint density at radius 3 is 1.71 bits per heavy atom. The second-order valence-electron chi connectivity index (χ2n) is 12.7. The molecule has 0 saturated carbocycles. The average molecular weight is 745 g/mol. The maximum absolute atomic E-state index is 12.7. The number of phosphoric ester groups is 1. The highest BCUT2D eigenvalue weighted by Gasteiger charge is 2.26. The van der Waals surface area contributed by atoms with E-state index in [1.807, 2.05) is 6.08 Å². The van der Waals surface area contributed by atoms with E-state index in [1.165, 1.54) is 38.5 Å². The van der Waals surface area contributed by atoms with E-state index in [2.05, 4.69) is 104 Å². The highest BCUT2D eigenvalue weighted by molar-refractivity contribution is 7.47. The van der Waals surface area contributed by atoms with Crippen molar-refractivity contribution in [2.75, 3.05) is 19.8 Å². The third-order valence-electron chi connectivity index (χ3n) is 7.89. The van der Waals surface area contributed by atoms with Crippen molar-refractivity contribution in [3.8, 4) is 0 Å². The van der Waals surface area contributed by atoms with Gasteiger partial charge in [0, 0.05) is 13.0 Å². The van der Waals surface area contributed by atoms with Crippen LogP contribution in [-0.2, 0) is 18.4 Å². The molecule has 1 amide bonds. The molecule has 0 aliphatic heterocycles. The Bertz CT molecular complexity index is 1120. The minimum Gasteiger partial charge on any atom is -0.387 e. The van der Waals surface area contributed by atoms with E-state index in [9.17, 15) is 19.4 Å². The number of amides is 1. The highest BCUT2D eigenvalue weighted by Crippen LogP contribution is 2.43. The van der Waals surface area contributed by atoms with Gasteiger partial charge in [0.15, 0.2) is 0 Å². The lowest BCUT2D eigenvalue weighted by Crippen LogP contribution is -2.45. The lowest BCUT2D eigenvalue weighted by molar-refractivity contribution is -0.123. The topological polar surface area (TPSA) is 131 Å². The molecule has 3 unspecified atom stereocenters. The summed E-state index contributed by atoms with van der Waals surface area (Å²) < 4.78 is 22.0. The number of nitrogens with one attached hydrogen (secondary N) is 1. The Kier molecular flexibility index (Phi) is 36.3. The largest absolute Gasteiger partial charge is 0.472 e. The SMILES string of the molecule is CC/C=C\C/C=C\C/C=C\C/C=C\C/C=C\C/C=C\CCCCC(=O)NC(COP(=O)(O)OCCN)C(O)/C=C/CC/C=C/CCCCCCCC. The number of hydrogen-bond donors (Lipinski definition) is 4. The lowest BCUT2D eigenvalue weighted by atomic mass is 10.1. The summed E-state index contributed by atoms with van der Waals surface area (Å²) in [5.74, 6) is -0.253. The van der Waals surface area contributed by atoms with Gasteiger partial charge in [0.25, 0.3) is 0 Å². The summed E-state index contributed by atoms with van der Waals surface area (Å²) in [7, 11) is -4.36. The molecular formula is C43H73N2O6P. The highest BCUT2D eigenvalue weighted by atomic mass is 31.2. The van der Waals surface area contributed by atoms with Gasteiger partial charge in [-0.05, 0) is 83.5 Å². The predicted molar refractivity (Wildman–Crippen MR) is 221 cm³/mol. The van der Waals surface area contributed by atoms with E-state index >= 15 is 0 Å². The monoisotopic (exact) mass is 745 g/mol. The van der Waals surface area contributed by atoms with Gasteiger partial charge in [0.2, 0.25) is 5.91 Å². The minimum absolute atomic E-state index is 0.0609. The van der Waals surface area contributed by atoms with E-state index in [4.69, 9.17) is 14.8 Å². The third-order valence-corrected chi connectivity index (χ3v) is 8.88. The number of carbonyl (C=O) groups excluding carboxylic acids is 1. The van der Waals surface area contributed by atoms with E-state index in [0.717, 1.165) is 70.6 Å². The van der Waals surface area contributed by atoms with Gasteiger partial charge in [-0.25, -0.2) is 4.57 Å². The lowest BCUT2D eigenvalue weighted by Gasteiger charge is -2.23. The van der Waals surface area contributed by atoms with Crippen molar-refractivity contribution in [1.82, 2.24) is 5.32 Å². The first-order valence-corrected chi connectivity index (χ1v) is 21.4. The number of aliphatic hydroxyl groups excluding tert-OH is 1. The second-order valence-corrected chi connectivity index (χ2v) is 14.2. The number of hydrogen-bond acceptors (Lipinski definition) is 6. The summed E-state index contributed by atoms with van der Waals surface area (Å²) in [6.45, 7) is 3.91. The van der Waals surface area contributed by atoms with Crippen molar-refractivity contribution in [2.24, 2.45) is 5.73 Å². The van der Waals surface area contributed by atoms with E-state index in [1.54, 1.807) is 6.08 Å². The van der Waals surface area contributed by atoms with Gasteiger partial charge in [0.1, 0.15) is 0 Å². The van der Waals surface area contributed by atoms with Crippen molar-refractivity contribution in [3.05, 3.63) is 97.2 Å². The second kappa shape index (κ2) is 38.2. The van der Waals surface area contributed by atoms with Crippen LogP contribution in [0.3, 0.4) is 0 Å². The Hall–Kier alpha value is -2.58. The maximum atomic E-state index is 12.7.